The third-order valence-corrected chi connectivity index (χ3v) is 7.34. The van der Waals surface area contributed by atoms with E-state index >= 15 is 0 Å². The van der Waals surface area contributed by atoms with Gasteiger partial charge < -0.3 is 30.7 Å². The molecule has 3 aromatic rings. The fourth-order valence-corrected chi connectivity index (χ4v) is 4.53. The van der Waals surface area contributed by atoms with Gasteiger partial charge in [-0.3, -0.25) is 18.9 Å². The number of carbonyl (C=O) groups is 3. The lowest BCUT2D eigenvalue weighted by Gasteiger charge is -2.24. The third kappa shape index (κ3) is 9.25. The highest BCUT2D eigenvalue weighted by Gasteiger charge is 2.51. The van der Waals surface area contributed by atoms with Crippen LogP contribution in [-0.2, 0) is 31.8 Å². The van der Waals surface area contributed by atoms with Crippen LogP contribution in [0.3, 0.4) is 0 Å². The van der Waals surface area contributed by atoms with Crippen molar-refractivity contribution in [1.29, 1.82) is 0 Å². The molecule has 1 atom stereocenters. The monoisotopic (exact) mass is 578 g/mol. The molecule has 0 saturated heterocycles. The van der Waals surface area contributed by atoms with Gasteiger partial charge in [0.2, 0.25) is 17.7 Å². The Kier molecular flexibility index (Phi) is 10.9. The van der Waals surface area contributed by atoms with Crippen LogP contribution in [0.25, 0.3) is 10.9 Å². The maximum Gasteiger partial charge on any atom is 0.394 e. The third-order valence-electron chi connectivity index (χ3n) is 6.30. The Hall–Kier alpha value is -3.60. The van der Waals surface area contributed by atoms with Crippen LogP contribution in [0.5, 0.6) is 0 Å². The van der Waals surface area contributed by atoms with Crippen LogP contribution in [0.1, 0.15) is 36.8 Å². The first-order valence-corrected chi connectivity index (χ1v) is 14.4. The number of amides is 3. The number of benzene rings is 2. The number of aromatic amines is 1. The van der Waals surface area contributed by atoms with Crippen LogP contribution < -0.4 is 16.0 Å². The summed E-state index contributed by atoms with van der Waals surface area (Å²) in [4.78, 5) is 58.4. The quantitative estimate of drug-likeness (QED) is 0.120. The van der Waals surface area contributed by atoms with Crippen molar-refractivity contribution < 1.29 is 37.5 Å². The zero-order valence-corrected chi connectivity index (χ0v) is 22.6. The van der Waals surface area contributed by atoms with E-state index in [1.165, 1.54) is 5.56 Å². The SMILES string of the molecule is O=C(CNC(=O)[C@H](CC(F)(F)P(=O)(O)O)NC(=O)CCc1c[nH]c2ccccc12)NCCCCc1ccccc1. The summed E-state index contributed by atoms with van der Waals surface area (Å²) in [6.45, 7) is -0.216. The van der Waals surface area contributed by atoms with Crippen LogP contribution in [-0.4, -0.2) is 57.3 Å². The van der Waals surface area contributed by atoms with Crippen LogP contribution in [0.15, 0.2) is 60.8 Å². The average molecular weight is 579 g/mol. The van der Waals surface area contributed by atoms with E-state index in [2.05, 4.69) is 20.9 Å². The first kappa shape index (κ1) is 30.9. The van der Waals surface area contributed by atoms with Gasteiger partial charge in [0.25, 0.3) is 0 Å². The lowest BCUT2D eigenvalue weighted by molar-refractivity contribution is -0.131. The molecule has 0 unspecified atom stereocenters. The fraction of sp³-hybridized carbons (Fsp3) is 0.370. The highest BCUT2D eigenvalue weighted by atomic mass is 31.2. The van der Waals surface area contributed by atoms with Gasteiger partial charge in [0.1, 0.15) is 6.04 Å². The molecule has 0 saturated carbocycles. The van der Waals surface area contributed by atoms with E-state index in [1.54, 1.807) is 6.20 Å². The Bertz CT molecular complexity index is 1350. The molecule has 0 aliphatic rings. The number of H-pyrrole nitrogens is 1. The summed E-state index contributed by atoms with van der Waals surface area (Å²) >= 11 is 0. The molecule has 3 amide bonds. The number of nitrogens with one attached hydrogen (secondary N) is 4. The molecule has 1 aromatic heterocycles. The number of carbonyl (C=O) groups excluding carboxylic acids is 3. The molecule has 216 valence electrons. The number of alkyl halides is 2. The van der Waals surface area contributed by atoms with Crippen molar-refractivity contribution in [2.24, 2.45) is 0 Å². The normalized spacial score (nSPS) is 12.6. The maximum absolute atomic E-state index is 14.2. The van der Waals surface area contributed by atoms with E-state index in [4.69, 9.17) is 9.79 Å². The Balaban J connectivity index is 1.50. The summed E-state index contributed by atoms with van der Waals surface area (Å²) < 4.78 is 39.6. The fourth-order valence-electron chi connectivity index (χ4n) is 4.11. The number of hydrogen-bond donors (Lipinski definition) is 6. The van der Waals surface area contributed by atoms with Gasteiger partial charge in [-0.15, -0.1) is 0 Å². The van der Waals surface area contributed by atoms with Crippen LogP contribution >= 0.6 is 7.60 Å². The molecule has 0 spiro atoms. The van der Waals surface area contributed by atoms with Crippen molar-refractivity contribution in [3.8, 4) is 0 Å². The molecule has 6 N–H and O–H groups in total. The molecule has 3 rings (SSSR count). The lowest BCUT2D eigenvalue weighted by Crippen LogP contribution is -2.51. The van der Waals surface area contributed by atoms with Crippen molar-refractivity contribution >= 4 is 36.2 Å². The highest BCUT2D eigenvalue weighted by Crippen LogP contribution is 2.55. The van der Waals surface area contributed by atoms with E-state index in [-0.39, 0.29) is 12.8 Å². The minimum Gasteiger partial charge on any atom is -0.361 e. The Morgan fingerprint density at radius 3 is 2.35 bits per heavy atom. The Morgan fingerprint density at radius 1 is 0.925 bits per heavy atom. The number of hydrogen-bond acceptors (Lipinski definition) is 4. The van der Waals surface area contributed by atoms with E-state index in [0.717, 1.165) is 29.3 Å². The first-order chi connectivity index (χ1) is 19.0. The zero-order valence-electron chi connectivity index (χ0n) is 21.7. The lowest BCUT2D eigenvalue weighted by atomic mass is 10.1. The summed E-state index contributed by atoms with van der Waals surface area (Å²) in [6, 6.07) is 15.2. The molecule has 0 aliphatic carbocycles. The second kappa shape index (κ2) is 14.2. The van der Waals surface area contributed by atoms with Crippen molar-refractivity contribution in [3.63, 3.8) is 0 Å². The van der Waals surface area contributed by atoms with Crippen LogP contribution in [0.2, 0.25) is 0 Å². The van der Waals surface area contributed by atoms with Crippen molar-refractivity contribution in [1.82, 2.24) is 20.9 Å². The van der Waals surface area contributed by atoms with Gasteiger partial charge in [-0.1, -0.05) is 48.5 Å². The van der Waals surface area contributed by atoms with Gasteiger partial charge in [-0.2, -0.15) is 8.78 Å². The number of halogens is 2. The number of aromatic nitrogens is 1. The smallest absolute Gasteiger partial charge is 0.361 e. The van der Waals surface area contributed by atoms with Crippen LogP contribution in [0, 0.1) is 0 Å². The molecule has 1 heterocycles. The second-order valence-electron chi connectivity index (χ2n) is 9.40. The topological polar surface area (TPSA) is 161 Å². The number of fused-ring (bicyclic) bond motifs is 1. The molecular weight excluding hydrogens is 545 g/mol. The molecule has 13 heteroatoms. The summed E-state index contributed by atoms with van der Waals surface area (Å²) in [5.74, 6) is -2.50. The summed E-state index contributed by atoms with van der Waals surface area (Å²) in [7, 11) is -5.92. The summed E-state index contributed by atoms with van der Waals surface area (Å²) in [5, 5.41) is 7.79. The van der Waals surface area contributed by atoms with E-state index in [9.17, 15) is 27.7 Å². The zero-order chi connectivity index (χ0) is 29.2. The highest BCUT2D eigenvalue weighted by molar-refractivity contribution is 7.53. The van der Waals surface area contributed by atoms with Crippen LogP contribution in [0.4, 0.5) is 8.78 Å². The molecule has 40 heavy (non-hydrogen) atoms. The number of rotatable bonds is 15. The summed E-state index contributed by atoms with van der Waals surface area (Å²) in [6.07, 6.45) is 2.47. The summed E-state index contributed by atoms with van der Waals surface area (Å²) in [5.41, 5.74) is -1.75. The standard InChI is InChI=1S/C27H33F2N4O6P/c28-27(29,40(37,38)39)16-23(33-24(34)14-13-20-17-31-22-12-5-4-11-21(20)22)26(36)32-18-25(35)30-15-7-6-10-19-8-2-1-3-9-19/h1-5,8-9,11-12,17,23,31H,6-7,10,13-16,18H2,(H,30,35)(H,32,36)(H,33,34)(H2,37,38,39)/t23-/m0/s1. The number of para-hydroxylation sites is 1. The second-order valence-corrected chi connectivity index (χ2v) is 11.1. The molecule has 0 fully saturated rings. The van der Waals surface area contributed by atoms with Gasteiger partial charge in [0.05, 0.1) is 13.0 Å². The number of unbranched alkanes of at least 4 members (excludes halogenated alkanes) is 1. The molecule has 0 radical (unpaired) electrons. The number of aryl methyl sites for hydroxylation is 2. The van der Waals surface area contributed by atoms with Gasteiger partial charge >= 0.3 is 13.3 Å². The van der Waals surface area contributed by atoms with Gasteiger partial charge in [0.15, 0.2) is 0 Å². The first-order valence-electron chi connectivity index (χ1n) is 12.8. The largest absolute Gasteiger partial charge is 0.394 e. The maximum atomic E-state index is 14.2. The predicted molar refractivity (Wildman–Crippen MR) is 146 cm³/mol. The van der Waals surface area contributed by atoms with E-state index in [1.807, 2.05) is 54.6 Å². The van der Waals surface area contributed by atoms with E-state index in [0.29, 0.717) is 13.0 Å². The molecule has 0 bridgehead atoms. The molecule has 10 nitrogen and oxygen atoms in total. The van der Waals surface area contributed by atoms with Gasteiger partial charge in [-0.25, -0.2) is 0 Å². The molecule has 2 aromatic carbocycles. The molecular formula is C27H33F2N4O6P. The average Bonchev–Trinajstić information content (AvgIpc) is 3.33. The minimum absolute atomic E-state index is 0.170. The Morgan fingerprint density at radius 2 is 1.62 bits per heavy atom. The Labute approximate surface area is 230 Å². The van der Waals surface area contributed by atoms with Crippen molar-refractivity contribution in [3.05, 3.63) is 71.9 Å². The minimum atomic E-state index is -5.92. The van der Waals surface area contributed by atoms with Crippen molar-refractivity contribution in [2.45, 2.75) is 50.2 Å². The van der Waals surface area contributed by atoms with E-state index < -0.39 is 50.0 Å². The van der Waals surface area contributed by atoms with Gasteiger partial charge in [0, 0.05) is 30.1 Å². The van der Waals surface area contributed by atoms with Crippen molar-refractivity contribution in [2.75, 3.05) is 13.1 Å². The predicted octanol–water partition coefficient (Wildman–Crippen LogP) is 3.00. The molecule has 0 aliphatic heterocycles. The van der Waals surface area contributed by atoms with Gasteiger partial charge in [-0.05, 0) is 42.9 Å².